The Bertz CT molecular complexity index is 467. The summed E-state index contributed by atoms with van der Waals surface area (Å²) >= 11 is 0. The Morgan fingerprint density at radius 2 is 1.88 bits per heavy atom. The molecule has 1 saturated heterocycles. The topological polar surface area (TPSA) is 35.6 Å². The summed E-state index contributed by atoms with van der Waals surface area (Å²) in [5.74, 6) is 1.04. The SMILES string of the molecule is CN(C)CCCNCCC(=O)N1CCC(Cc2ccccc2)CC1. The van der Waals surface area contributed by atoms with E-state index in [0.717, 1.165) is 64.3 Å². The second-order valence-electron chi connectivity index (χ2n) is 7.17. The fourth-order valence-electron chi connectivity index (χ4n) is 3.33. The van der Waals surface area contributed by atoms with Crippen LogP contribution in [0.5, 0.6) is 0 Å². The number of likely N-dealkylation sites (tertiary alicyclic amines) is 1. The average Bonchev–Trinajstić information content (AvgIpc) is 2.59. The van der Waals surface area contributed by atoms with Crippen LogP contribution in [-0.4, -0.2) is 62.5 Å². The van der Waals surface area contributed by atoms with Gasteiger partial charge in [0.05, 0.1) is 0 Å². The van der Waals surface area contributed by atoms with E-state index in [1.54, 1.807) is 0 Å². The molecule has 134 valence electrons. The molecule has 0 bridgehead atoms. The molecule has 0 atom stereocenters. The number of piperidine rings is 1. The number of amides is 1. The average molecular weight is 332 g/mol. The Morgan fingerprint density at radius 1 is 1.17 bits per heavy atom. The molecule has 0 spiro atoms. The largest absolute Gasteiger partial charge is 0.343 e. The number of nitrogens with one attached hydrogen (secondary N) is 1. The normalized spacial score (nSPS) is 15.9. The van der Waals surface area contributed by atoms with Crippen molar-refractivity contribution in [2.75, 3.05) is 46.8 Å². The van der Waals surface area contributed by atoms with E-state index >= 15 is 0 Å². The minimum atomic E-state index is 0.313. The molecule has 4 nitrogen and oxygen atoms in total. The lowest BCUT2D eigenvalue weighted by molar-refractivity contribution is -0.132. The molecular weight excluding hydrogens is 298 g/mol. The Hall–Kier alpha value is -1.39. The third kappa shape index (κ3) is 7.02. The van der Waals surface area contributed by atoms with Crippen LogP contribution in [-0.2, 0) is 11.2 Å². The highest BCUT2D eigenvalue weighted by atomic mass is 16.2. The van der Waals surface area contributed by atoms with Crippen molar-refractivity contribution in [1.29, 1.82) is 0 Å². The molecule has 1 aliphatic rings. The first-order valence-electron chi connectivity index (χ1n) is 9.32. The van der Waals surface area contributed by atoms with Gasteiger partial charge in [-0.05, 0) is 64.3 Å². The van der Waals surface area contributed by atoms with E-state index in [-0.39, 0.29) is 0 Å². The Balaban J connectivity index is 1.57. The third-order valence-corrected chi connectivity index (χ3v) is 4.81. The fourth-order valence-corrected chi connectivity index (χ4v) is 3.33. The van der Waals surface area contributed by atoms with E-state index < -0.39 is 0 Å². The van der Waals surface area contributed by atoms with Gasteiger partial charge in [-0.1, -0.05) is 30.3 Å². The summed E-state index contributed by atoms with van der Waals surface area (Å²) in [5, 5.41) is 3.38. The molecule has 0 radical (unpaired) electrons. The van der Waals surface area contributed by atoms with Crippen LogP contribution in [0.4, 0.5) is 0 Å². The number of benzene rings is 1. The van der Waals surface area contributed by atoms with Gasteiger partial charge in [0.15, 0.2) is 0 Å². The predicted octanol–water partition coefficient (Wildman–Crippen LogP) is 2.40. The van der Waals surface area contributed by atoms with Gasteiger partial charge < -0.3 is 15.1 Å². The molecule has 24 heavy (non-hydrogen) atoms. The van der Waals surface area contributed by atoms with E-state index in [9.17, 15) is 4.79 Å². The first kappa shape index (κ1) is 18.9. The highest BCUT2D eigenvalue weighted by Gasteiger charge is 2.22. The van der Waals surface area contributed by atoms with Crippen LogP contribution in [0.25, 0.3) is 0 Å². The third-order valence-electron chi connectivity index (χ3n) is 4.81. The van der Waals surface area contributed by atoms with Crippen LogP contribution in [0.15, 0.2) is 30.3 Å². The molecule has 0 saturated carbocycles. The summed E-state index contributed by atoms with van der Waals surface area (Å²) in [6.07, 6.45) is 5.18. The van der Waals surface area contributed by atoms with E-state index in [4.69, 9.17) is 0 Å². The Labute approximate surface area is 147 Å². The van der Waals surface area contributed by atoms with Gasteiger partial charge in [0, 0.05) is 26.1 Å². The van der Waals surface area contributed by atoms with E-state index in [0.29, 0.717) is 12.3 Å². The van der Waals surface area contributed by atoms with Gasteiger partial charge in [-0.15, -0.1) is 0 Å². The Morgan fingerprint density at radius 3 is 2.54 bits per heavy atom. The molecule has 0 aliphatic carbocycles. The highest BCUT2D eigenvalue weighted by molar-refractivity contribution is 5.76. The number of carbonyl (C=O) groups is 1. The summed E-state index contributed by atoms with van der Waals surface area (Å²) < 4.78 is 0. The van der Waals surface area contributed by atoms with Crippen molar-refractivity contribution < 1.29 is 4.79 Å². The fraction of sp³-hybridized carbons (Fsp3) is 0.650. The molecule has 1 amide bonds. The summed E-state index contributed by atoms with van der Waals surface area (Å²) in [4.78, 5) is 16.5. The minimum absolute atomic E-state index is 0.313. The van der Waals surface area contributed by atoms with Crippen molar-refractivity contribution in [1.82, 2.24) is 15.1 Å². The zero-order valence-electron chi connectivity index (χ0n) is 15.3. The lowest BCUT2D eigenvalue weighted by Gasteiger charge is -2.32. The van der Waals surface area contributed by atoms with Gasteiger partial charge in [0.2, 0.25) is 5.91 Å². The summed E-state index contributed by atoms with van der Waals surface area (Å²) in [5.41, 5.74) is 1.42. The first-order valence-corrected chi connectivity index (χ1v) is 9.32. The van der Waals surface area contributed by atoms with Crippen LogP contribution in [0.3, 0.4) is 0 Å². The van der Waals surface area contributed by atoms with E-state index in [1.165, 1.54) is 5.56 Å². The van der Waals surface area contributed by atoms with Gasteiger partial charge in [0.25, 0.3) is 0 Å². The quantitative estimate of drug-likeness (QED) is 0.706. The standard InChI is InChI=1S/C20H33N3O/c1-22(2)14-6-12-21-13-9-20(24)23-15-10-19(11-16-23)17-18-7-4-3-5-8-18/h3-5,7-8,19,21H,6,9-17H2,1-2H3. The van der Waals surface area contributed by atoms with Crippen molar-refractivity contribution in [2.24, 2.45) is 5.92 Å². The van der Waals surface area contributed by atoms with Crippen molar-refractivity contribution in [3.8, 4) is 0 Å². The van der Waals surface area contributed by atoms with Crippen molar-refractivity contribution in [2.45, 2.75) is 32.1 Å². The highest BCUT2D eigenvalue weighted by Crippen LogP contribution is 2.21. The zero-order chi connectivity index (χ0) is 17.2. The smallest absolute Gasteiger partial charge is 0.223 e. The number of hydrogen-bond donors (Lipinski definition) is 1. The van der Waals surface area contributed by atoms with Crippen LogP contribution >= 0.6 is 0 Å². The summed E-state index contributed by atoms with van der Waals surface area (Å²) in [6, 6.07) is 10.7. The second-order valence-corrected chi connectivity index (χ2v) is 7.17. The van der Waals surface area contributed by atoms with E-state index in [1.807, 2.05) is 0 Å². The van der Waals surface area contributed by atoms with Crippen molar-refractivity contribution in [3.63, 3.8) is 0 Å². The van der Waals surface area contributed by atoms with Crippen LogP contribution in [0, 0.1) is 5.92 Å². The molecule has 1 N–H and O–H groups in total. The lowest BCUT2D eigenvalue weighted by atomic mass is 9.90. The molecule has 0 unspecified atom stereocenters. The zero-order valence-corrected chi connectivity index (χ0v) is 15.3. The number of hydrogen-bond acceptors (Lipinski definition) is 3. The molecule has 0 aromatic heterocycles. The molecule has 1 heterocycles. The first-order chi connectivity index (χ1) is 11.6. The van der Waals surface area contributed by atoms with Crippen LogP contribution in [0.1, 0.15) is 31.2 Å². The van der Waals surface area contributed by atoms with Gasteiger partial charge in [-0.2, -0.15) is 0 Å². The van der Waals surface area contributed by atoms with Crippen molar-refractivity contribution >= 4 is 5.91 Å². The second kappa shape index (κ2) is 10.5. The van der Waals surface area contributed by atoms with Crippen LogP contribution < -0.4 is 5.32 Å². The molecule has 1 fully saturated rings. The number of carbonyl (C=O) groups excluding carboxylic acids is 1. The molecule has 1 aromatic rings. The summed E-state index contributed by atoms with van der Waals surface area (Å²) in [7, 11) is 4.18. The minimum Gasteiger partial charge on any atom is -0.343 e. The number of nitrogens with zero attached hydrogens (tertiary/aromatic N) is 2. The molecule has 4 heteroatoms. The van der Waals surface area contributed by atoms with E-state index in [2.05, 4.69) is 59.5 Å². The maximum absolute atomic E-state index is 12.3. The van der Waals surface area contributed by atoms with Crippen LogP contribution in [0.2, 0.25) is 0 Å². The van der Waals surface area contributed by atoms with Crippen molar-refractivity contribution in [3.05, 3.63) is 35.9 Å². The van der Waals surface area contributed by atoms with Gasteiger partial charge in [-0.3, -0.25) is 4.79 Å². The molecule has 2 rings (SSSR count). The Kier molecular flexibility index (Phi) is 8.26. The summed E-state index contributed by atoms with van der Waals surface area (Å²) in [6.45, 7) is 4.74. The molecule has 1 aromatic carbocycles. The predicted molar refractivity (Wildman–Crippen MR) is 100 cm³/mol. The number of rotatable bonds is 9. The monoisotopic (exact) mass is 331 g/mol. The maximum atomic E-state index is 12.3. The van der Waals surface area contributed by atoms with Gasteiger partial charge in [-0.25, -0.2) is 0 Å². The lowest BCUT2D eigenvalue weighted by Crippen LogP contribution is -2.40. The van der Waals surface area contributed by atoms with Gasteiger partial charge >= 0.3 is 0 Å². The molecule has 1 aliphatic heterocycles. The van der Waals surface area contributed by atoms with Gasteiger partial charge in [0.1, 0.15) is 0 Å². The molecular formula is C20H33N3O. The maximum Gasteiger partial charge on any atom is 0.223 e.